The van der Waals surface area contributed by atoms with Crippen LogP contribution in [0.2, 0.25) is 5.02 Å². The second kappa shape index (κ2) is 15.2. The number of nitrogens with zero attached hydrogens (tertiary/aromatic N) is 2. The van der Waals surface area contributed by atoms with Gasteiger partial charge in [-0.1, -0.05) is 25.1 Å². The van der Waals surface area contributed by atoms with Gasteiger partial charge in [-0.05, 0) is 42.7 Å². The zero-order valence-corrected chi connectivity index (χ0v) is 21.9. The lowest BCUT2D eigenvalue weighted by atomic mass is 10.0. The number of rotatable bonds is 8. The summed E-state index contributed by atoms with van der Waals surface area (Å²) in [6, 6.07) is 7.17. The van der Waals surface area contributed by atoms with Gasteiger partial charge in [-0.2, -0.15) is 0 Å². The third kappa shape index (κ3) is 9.05. The second-order valence-electron chi connectivity index (χ2n) is 9.32. The van der Waals surface area contributed by atoms with Crippen molar-refractivity contribution in [1.29, 1.82) is 0 Å². The van der Waals surface area contributed by atoms with E-state index in [2.05, 4.69) is 4.74 Å². The molecule has 0 aromatic heterocycles. The van der Waals surface area contributed by atoms with Gasteiger partial charge in [0.1, 0.15) is 12.1 Å². The Kier molecular flexibility index (Phi) is 12.3. The topological polar surface area (TPSA) is 130 Å². The van der Waals surface area contributed by atoms with Gasteiger partial charge in [-0.3, -0.25) is 14.4 Å². The summed E-state index contributed by atoms with van der Waals surface area (Å²) in [5.74, 6) is -4.59. The molecule has 3 N–H and O–H groups in total. The first kappa shape index (κ1) is 33.3. The minimum Gasteiger partial charge on any atom is -0.478 e. The molecule has 0 saturated carbocycles. The van der Waals surface area contributed by atoms with Crippen LogP contribution in [-0.4, -0.2) is 70.9 Å². The molecule has 2 aliphatic heterocycles. The lowest BCUT2D eigenvalue weighted by Gasteiger charge is -2.26. The van der Waals surface area contributed by atoms with Gasteiger partial charge in [0.2, 0.25) is 5.91 Å². The molecule has 2 heterocycles. The third-order valence-corrected chi connectivity index (χ3v) is 6.81. The molecule has 0 spiro atoms. The molecule has 2 aromatic carbocycles. The number of carboxylic acid groups (broad SMARTS) is 1. The summed E-state index contributed by atoms with van der Waals surface area (Å²) in [6.07, 6.45) is 2.15. The summed E-state index contributed by atoms with van der Waals surface area (Å²) in [4.78, 5) is 48.1. The van der Waals surface area contributed by atoms with Crippen molar-refractivity contribution in [3.05, 3.63) is 82.3 Å². The smallest absolute Gasteiger partial charge is 0.331 e. The monoisotopic (exact) mass is 597 g/mol. The number of ether oxygens (including phenoxy) is 1. The number of aliphatic carboxylic acids is 1. The van der Waals surface area contributed by atoms with Crippen LogP contribution in [0.15, 0.2) is 48.7 Å². The fraction of sp³-hybridized carbons (Fsp3) is 0.357. The van der Waals surface area contributed by atoms with Crippen molar-refractivity contribution in [2.24, 2.45) is 11.7 Å². The van der Waals surface area contributed by atoms with E-state index in [1.165, 1.54) is 0 Å². The van der Waals surface area contributed by atoms with Crippen LogP contribution in [0.1, 0.15) is 36.2 Å². The first-order chi connectivity index (χ1) is 19.0. The average molecular weight is 598 g/mol. The Morgan fingerprint density at radius 1 is 1.12 bits per heavy atom. The maximum atomic E-state index is 13.9. The van der Waals surface area contributed by atoms with Crippen molar-refractivity contribution in [3.8, 4) is 0 Å². The standard InChI is InChI=1S/C23H23ClF3N3O2.C4H4O4.CH4/c24-16-3-1-2-13(6-16)23(32)29-11-14-4-5-30(21(14)12-29)22(31)9-17(28)7-15-8-19(26)20(27)10-18(15)25;5-3-8-2-1-4(6)7;/h1-3,6,8,10,14,17,21H,4-5,7,9,11-12,28H2;1-3H,(H,6,7);1H4/b;2-1+;/t14-,17+,21+;;/m0../s1. The van der Waals surface area contributed by atoms with Gasteiger partial charge in [-0.15, -0.1) is 0 Å². The molecule has 2 saturated heterocycles. The molecule has 13 heteroatoms. The Morgan fingerprint density at radius 2 is 1.83 bits per heavy atom. The highest BCUT2D eigenvalue weighted by atomic mass is 35.5. The van der Waals surface area contributed by atoms with Gasteiger partial charge in [-0.25, -0.2) is 18.0 Å². The number of likely N-dealkylation sites (tertiary alicyclic amines) is 2. The zero-order chi connectivity index (χ0) is 29.4. The van der Waals surface area contributed by atoms with Crippen LogP contribution in [0.4, 0.5) is 13.2 Å². The van der Waals surface area contributed by atoms with Gasteiger partial charge < -0.3 is 25.4 Å². The van der Waals surface area contributed by atoms with Crippen molar-refractivity contribution in [3.63, 3.8) is 0 Å². The van der Waals surface area contributed by atoms with E-state index in [9.17, 15) is 32.3 Å². The Bertz CT molecular complexity index is 1290. The number of halogens is 4. The van der Waals surface area contributed by atoms with Crippen LogP contribution in [0.25, 0.3) is 0 Å². The van der Waals surface area contributed by atoms with E-state index >= 15 is 0 Å². The summed E-state index contributed by atoms with van der Waals surface area (Å²) in [5.41, 5.74) is 6.47. The highest BCUT2D eigenvalue weighted by Gasteiger charge is 2.44. The normalized spacial score (nSPS) is 18.2. The molecule has 2 fully saturated rings. The first-order valence-electron chi connectivity index (χ1n) is 12.2. The summed E-state index contributed by atoms with van der Waals surface area (Å²) in [7, 11) is 0. The lowest BCUT2D eigenvalue weighted by molar-refractivity contribution is -0.133. The summed E-state index contributed by atoms with van der Waals surface area (Å²) in [6.45, 7) is 1.69. The highest BCUT2D eigenvalue weighted by molar-refractivity contribution is 6.30. The fourth-order valence-corrected chi connectivity index (χ4v) is 4.98. The molecule has 0 radical (unpaired) electrons. The number of hydrogen-bond donors (Lipinski definition) is 2. The molecule has 41 heavy (non-hydrogen) atoms. The number of fused-ring (bicyclic) bond motifs is 1. The summed E-state index contributed by atoms with van der Waals surface area (Å²) >= 11 is 5.99. The van der Waals surface area contributed by atoms with Crippen molar-refractivity contribution < 1.29 is 42.2 Å². The number of amides is 2. The van der Waals surface area contributed by atoms with E-state index in [0.717, 1.165) is 18.7 Å². The Balaban J connectivity index is 0.000000574. The minimum atomic E-state index is -1.27. The van der Waals surface area contributed by atoms with Gasteiger partial charge in [0, 0.05) is 54.7 Å². The van der Waals surface area contributed by atoms with Crippen LogP contribution in [0.3, 0.4) is 0 Å². The average Bonchev–Trinajstić information content (AvgIpc) is 3.48. The maximum absolute atomic E-state index is 13.9. The highest BCUT2D eigenvalue weighted by Crippen LogP contribution is 2.33. The number of hydrogen-bond acceptors (Lipinski definition) is 6. The second-order valence-corrected chi connectivity index (χ2v) is 9.76. The van der Waals surface area contributed by atoms with Crippen LogP contribution in [0, 0.1) is 23.4 Å². The molecule has 0 bridgehead atoms. The van der Waals surface area contributed by atoms with Gasteiger partial charge in [0.05, 0.1) is 12.1 Å². The van der Waals surface area contributed by atoms with Crippen molar-refractivity contribution in [1.82, 2.24) is 9.80 Å². The van der Waals surface area contributed by atoms with Crippen molar-refractivity contribution in [2.45, 2.75) is 38.8 Å². The number of benzene rings is 2. The van der Waals surface area contributed by atoms with E-state index < -0.39 is 29.5 Å². The number of nitrogens with two attached hydrogens (primary N) is 1. The van der Waals surface area contributed by atoms with Crippen LogP contribution in [0.5, 0.6) is 0 Å². The van der Waals surface area contributed by atoms with Crippen molar-refractivity contribution >= 4 is 35.9 Å². The van der Waals surface area contributed by atoms with Crippen LogP contribution < -0.4 is 5.73 Å². The number of carbonyl (C=O) groups excluding carboxylic acids is 3. The molecular formula is C28H31ClF3N3O6. The molecule has 0 aliphatic carbocycles. The Labute approximate surface area is 240 Å². The van der Waals surface area contributed by atoms with Gasteiger partial charge >= 0.3 is 5.97 Å². The predicted octanol–water partition coefficient (Wildman–Crippen LogP) is 3.78. The molecule has 2 aromatic rings. The SMILES string of the molecule is C.N[C@@H](CC(=O)N1CC[C@H]2CN(C(=O)c3cccc(Cl)c3)C[C@H]21)Cc1cc(F)c(F)cc1F.O=CO/C=C/C(=O)O. The van der Waals surface area contributed by atoms with Crippen LogP contribution in [-0.2, 0) is 25.5 Å². The summed E-state index contributed by atoms with van der Waals surface area (Å²) in [5, 5.41) is 8.34. The van der Waals surface area contributed by atoms with E-state index in [-0.39, 0.29) is 56.1 Å². The van der Waals surface area contributed by atoms with Crippen LogP contribution >= 0.6 is 11.6 Å². The van der Waals surface area contributed by atoms with E-state index in [1.54, 1.807) is 34.1 Å². The van der Waals surface area contributed by atoms with E-state index in [4.69, 9.17) is 22.4 Å². The fourth-order valence-electron chi connectivity index (χ4n) is 4.79. The minimum absolute atomic E-state index is 0. The summed E-state index contributed by atoms with van der Waals surface area (Å²) < 4.78 is 44.3. The number of carboxylic acids is 1. The van der Waals surface area contributed by atoms with Gasteiger partial charge in [0.25, 0.3) is 12.4 Å². The molecule has 9 nitrogen and oxygen atoms in total. The Hall–Kier alpha value is -3.90. The number of carbonyl (C=O) groups is 4. The van der Waals surface area contributed by atoms with E-state index in [1.807, 2.05) is 0 Å². The molecule has 4 rings (SSSR count). The van der Waals surface area contributed by atoms with Gasteiger partial charge in [0.15, 0.2) is 11.6 Å². The molecular weight excluding hydrogens is 567 g/mol. The molecule has 0 unspecified atom stereocenters. The largest absolute Gasteiger partial charge is 0.478 e. The predicted molar refractivity (Wildman–Crippen MR) is 144 cm³/mol. The molecule has 3 atom stereocenters. The molecule has 2 amide bonds. The quantitative estimate of drug-likeness (QED) is 0.205. The molecule has 2 aliphatic rings. The van der Waals surface area contributed by atoms with E-state index in [0.29, 0.717) is 42.4 Å². The third-order valence-electron chi connectivity index (χ3n) is 6.58. The van der Waals surface area contributed by atoms with Crippen molar-refractivity contribution in [2.75, 3.05) is 19.6 Å². The molecule has 222 valence electrons. The Morgan fingerprint density at radius 3 is 2.49 bits per heavy atom. The first-order valence-corrected chi connectivity index (χ1v) is 12.6. The zero-order valence-electron chi connectivity index (χ0n) is 21.1. The maximum Gasteiger partial charge on any atom is 0.331 e. The lowest BCUT2D eigenvalue weighted by Crippen LogP contribution is -2.43.